The summed E-state index contributed by atoms with van der Waals surface area (Å²) < 4.78 is 0. The zero-order valence-corrected chi connectivity index (χ0v) is 22.1. The van der Waals surface area contributed by atoms with Crippen molar-refractivity contribution in [3.63, 3.8) is 0 Å². The van der Waals surface area contributed by atoms with Gasteiger partial charge in [0.15, 0.2) is 23.1 Å². The fourth-order valence-electron chi connectivity index (χ4n) is 6.73. The first-order chi connectivity index (χ1) is 18.3. The predicted octanol–water partition coefficient (Wildman–Crippen LogP) is 1.07. The summed E-state index contributed by atoms with van der Waals surface area (Å²) in [4.78, 5) is 56.1. The Hall–Kier alpha value is -4.02. The van der Waals surface area contributed by atoms with Crippen molar-refractivity contribution in [3.05, 3.63) is 53.1 Å². The van der Waals surface area contributed by atoms with E-state index in [2.05, 4.69) is 0 Å². The number of benzene rings is 2. The van der Waals surface area contributed by atoms with Gasteiger partial charge in [0.25, 0.3) is 0 Å². The van der Waals surface area contributed by atoms with Gasteiger partial charge >= 0.3 is 0 Å². The molecule has 0 heterocycles. The quantitative estimate of drug-likeness (QED) is 0.421. The van der Waals surface area contributed by atoms with Gasteiger partial charge in [0, 0.05) is 36.8 Å². The first-order valence-corrected chi connectivity index (χ1v) is 12.7. The summed E-state index contributed by atoms with van der Waals surface area (Å²) in [6, 6.07) is 9.71. The second-order valence-corrected chi connectivity index (χ2v) is 11.0. The number of aliphatic hydroxyl groups is 2. The lowest BCUT2D eigenvalue weighted by Gasteiger charge is -2.51. The van der Waals surface area contributed by atoms with E-state index >= 15 is 0 Å². The van der Waals surface area contributed by atoms with Crippen molar-refractivity contribution in [2.75, 3.05) is 33.1 Å². The van der Waals surface area contributed by atoms with Crippen molar-refractivity contribution >= 4 is 34.7 Å². The zero-order valence-electron chi connectivity index (χ0n) is 22.1. The molecule has 1 amide bonds. The van der Waals surface area contributed by atoms with E-state index in [1.807, 2.05) is 43.3 Å². The first-order valence-electron chi connectivity index (χ1n) is 12.7. The topological polar surface area (TPSA) is 161 Å². The number of nitrogens with two attached hydrogens (primary N) is 1. The number of aromatic hydroxyl groups is 1. The van der Waals surface area contributed by atoms with Crippen molar-refractivity contribution in [2.45, 2.75) is 24.5 Å². The number of carbonyl (C=O) groups excluding carboxylic acids is 4. The Morgan fingerprint density at radius 2 is 1.67 bits per heavy atom. The smallest absolute Gasteiger partial charge is 0.235 e. The van der Waals surface area contributed by atoms with Gasteiger partial charge in [-0.3, -0.25) is 24.1 Å². The third-order valence-corrected chi connectivity index (χ3v) is 8.42. The van der Waals surface area contributed by atoms with E-state index in [1.54, 1.807) is 20.2 Å². The number of anilines is 1. The summed E-state index contributed by atoms with van der Waals surface area (Å²) in [6.07, 6.45) is 0.220. The third-order valence-electron chi connectivity index (χ3n) is 8.42. The Kier molecular flexibility index (Phi) is 6.15. The van der Waals surface area contributed by atoms with Gasteiger partial charge < -0.3 is 26.0 Å². The van der Waals surface area contributed by atoms with Crippen LogP contribution in [-0.2, 0) is 25.6 Å². The van der Waals surface area contributed by atoms with E-state index in [4.69, 9.17) is 5.73 Å². The highest BCUT2D eigenvalue weighted by molar-refractivity contribution is 6.32. The molecule has 2 fully saturated rings. The highest BCUT2D eigenvalue weighted by atomic mass is 16.3. The van der Waals surface area contributed by atoms with Crippen LogP contribution in [0.5, 0.6) is 5.75 Å². The minimum atomic E-state index is -2.73. The molecule has 2 saturated carbocycles. The number of carbonyl (C=O) groups is 4. The van der Waals surface area contributed by atoms with Crippen LogP contribution >= 0.6 is 0 Å². The van der Waals surface area contributed by atoms with Crippen LogP contribution in [-0.4, -0.2) is 83.3 Å². The minimum absolute atomic E-state index is 0.0112. The molecule has 0 aromatic heterocycles. The third kappa shape index (κ3) is 3.62. The predicted molar refractivity (Wildman–Crippen MR) is 143 cm³/mol. The molecule has 3 aliphatic rings. The molecule has 0 radical (unpaired) electrons. The molecule has 10 nitrogen and oxygen atoms in total. The van der Waals surface area contributed by atoms with Crippen molar-refractivity contribution < 1.29 is 34.5 Å². The van der Waals surface area contributed by atoms with E-state index in [0.717, 1.165) is 16.8 Å². The molecule has 2 aromatic carbocycles. The molecule has 39 heavy (non-hydrogen) atoms. The Labute approximate surface area is 225 Å². The molecule has 1 unspecified atom stereocenters. The number of phenolic OH excluding ortho intramolecular Hbond substituents is 1. The summed E-state index contributed by atoms with van der Waals surface area (Å²) in [5.74, 6) is -8.92. The maximum Gasteiger partial charge on any atom is 0.235 e. The van der Waals surface area contributed by atoms with Crippen LogP contribution in [0.3, 0.4) is 0 Å². The maximum absolute atomic E-state index is 13.9. The van der Waals surface area contributed by atoms with Crippen molar-refractivity contribution in [2.24, 2.45) is 23.5 Å². The van der Waals surface area contributed by atoms with Crippen LogP contribution in [0.1, 0.15) is 17.5 Å². The summed E-state index contributed by atoms with van der Waals surface area (Å²) in [5.41, 5.74) is 5.61. The minimum Gasteiger partial charge on any atom is -0.507 e. The van der Waals surface area contributed by atoms with Gasteiger partial charge in [0.2, 0.25) is 11.7 Å². The molecular weight excluding hydrogens is 502 g/mol. The van der Waals surface area contributed by atoms with Crippen LogP contribution in [0, 0.1) is 17.8 Å². The maximum atomic E-state index is 13.9. The van der Waals surface area contributed by atoms with Crippen LogP contribution < -0.4 is 10.6 Å². The van der Waals surface area contributed by atoms with E-state index < -0.39 is 58.4 Å². The average molecular weight is 534 g/mol. The number of aliphatic hydroxyl groups excluding tert-OH is 1. The Morgan fingerprint density at radius 3 is 2.28 bits per heavy atom. The van der Waals surface area contributed by atoms with Crippen LogP contribution in [0.25, 0.3) is 16.9 Å². The van der Waals surface area contributed by atoms with Crippen LogP contribution in [0.15, 0.2) is 42.0 Å². The highest BCUT2D eigenvalue weighted by Crippen LogP contribution is 2.53. The number of phenols is 1. The number of fused-ring (bicyclic) bond motifs is 3. The lowest BCUT2D eigenvalue weighted by Crippen LogP contribution is -2.72. The molecule has 204 valence electrons. The number of nitrogens with zero attached hydrogens (tertiary/aromatic N) is 2. The largest absolute Gasteiger partial charge is 0.507 e. The molecule has 2 aromatic rings. The molecule has 5 rings (SSSR count). The molecule has 0 aliphatic heterocycles. The van der Waals surface area contributed by atoms with Gasteiger partial charge in [-0.15, -0.1) is 0 Å². The standard InChI is InChI=1S/C29H31N3O7/c1-31(2)18-8-6-5-7-15(18)14-9-10-19(33)21-16(14)11-13-12-17-23(32(3)4)25(35)22(28(30)38)27(37)29(17,39)26(36)20(13)24(21)34/h5-10,13,17,22-23,33-34,39H,11-12H2,1-4H3,(H2,30,38)/t13-,17-,22?,23-,29-/m0/s1. The first kappa shape index (κ1) is 26.6. The van der Waals surface area contributed by atoms with Crippen molar-refractivity contribution in [3.8, 4) is 16.9 Å². The van der Waals surface area contributed by atoms with Gasteiger partial charge in [-0.2, -0.15) is 0 Å². The summed E-state index contributed by atoms with van der Waals surface area (Å²) >= 11 is 0. The molecule has 3 aliphatic carbocycles. The van der Waals surface area contributed by atoms with Gasteiger partial charge in [-0.1, -0.05) is 24.3 Å². The summed E-state index contributed by atoms with van der Waals surface area (Å²) in [7, 11) is 6.93. The SMILES string of the molecule is CN(C)c1ccccc1-c1ccc(O)c2c1C[C@H]1C[C@H]3[C@H](N(C)C)C(=O)C(C(N)=O)C(=O)[C@@]3(O)C(=O)C1=C2O. The van der Waals surface area contributed by atoms with Crippen molar-refractivity contribution in [1.29, 1.82) is 0 Å². The summed E-state index contributed by atoms with van der Waals surface area (Å²) in [6.45, 7) is 0. The fraction of sp³-hybridized carbons (Fsp3) is 0.379. The van der Waals surface area contributed by atoms with E-state index in [0.29, 0.717) is 5.56 Å². The van der Waals surface area contributed by atoms with E-state index in [-0.39, 0.29) is 29.7 Å². The summed E-state index contributed by atoms with van der Waals surface area (Å²) in [5, 5.41) is 33.9. The fourth-order valence-corrected chi connectivity index (χ4v) is 6.73. The van der Waals surface area contributed by atoms with Crippen molar-refractivity contribution in [1.82, 2.24) is 4.90 Å². The number of hydrogen-bond acceptors (Lipinski definition) is 9. The molecule has 0 spiro atoms. The van der Waals surface area contributed by atoms with Gasteiger partial charge in [0.1, 0.15) is 11.5 Å². The zero-order chi connectivity index (χ0) is 28.5. The number of primary amides is 1. The second-order valence-electron chi connectivity index (χ2n) is 11.0. The number of amides is 1. The van der Waals surface area contributed by atoms with E-state index in [9.17, 15) is 34.5 Å². The van der Waals surface area contributed by atoms with Gasteiger partial charge in [-0.05, 0) is 56.1 Å². The number of Topliss-reactive ketones (excluding diaryl/α,β-unsaturated/α-hetero) is 3. The molecule has 5 atom stereocenters. The second kappa shape index (κ2) is 9.03. The number of para-hydroxylation sites is 1. The molecule has 0 saturated heterocycles. The molecular formula is C29H31N3O7. The Morgan fingerprint density at radius 1 is 1.00 bits per heavy atom. The number of likely N-dealkylation sites (N-methyl/N-ethyl adjacent to an activating group) is 1. The average Bonchev–Trinajstić information content (AvgIpc) is 2.86. The van der Waals surface area contributed by atoms with Crippen LogP contribution in [0.2, 0.25) is 0 Å². The van der Waals surface area contributed by atoms with Gasteiger partial charge in [-0.25, -0.2) is 0 Å². The monoisotopic (exact) mass is 533 g/mol. The Bertz CT molecular complexity index is 1480. The molecule has 0 bridgehead atoms. The van der Waals surface area contributed by atoms with Crippen LogP contribution in [0.4, 0.5) is 5.69 Å². The molecule has 5 N–H and O–H groups in total. The number of hydrogen-bond donors (Lipinski definition) is 4. The highest BCUT2D eigenvalue weighted by Gasteiger charge is 2.67. The molecule has 10 heteroatoms. The number of rotatable bonds is 4. The van der Waals surface area contributed by atoms with E-state index in [1.165, 1.54) is 11.0 Å². The normalized spacial score (nSPS) is 28.2. The number of ketones is 3. The lowest BCUT2D eigenvalue weighted by atomic mass is 9.54. The Balaban J connectivity index is 1.73. The lowest BCUT2D eigenvalue weighted by molar-refractivity contribution is -0.175. The van der Waals surface area contributed by atoms with Gasteiger partial charge in [0.05, 0.1) is 11.6 Å².